The van der Waals surface area contributed by atoms with Crippen molar-refractivity contribution in [2.75, 3.05) is 7.11 Å². The molecule has 0 N–H and O–H groups in total. The first-order chi connectivity index (χ1) is 4.75. The van der Waals surface area contributed by atoms with Gasteiger partial charge in [0.25, 0.3) is 0 Å². The topological polar surface area (TPSA) is 9.23 Å². The van der Waals surface area contributed by atoms with Crippen LogP contribution in [-0.2, 0) is 0 Å². The zero-order valence-corrected chi connectivity index (χ0v) is 6.87. The summed E-state index contributed by atoms with van der Waals surface area (Å²) in [4.78, 5) is 0.780. The fourth-order valence-electron chi connectivity index (χ4n) is 0.887. The molecule has 0 aliphatic heterocycles. The van der Waals surface area contributed by atoms with E-state index in [1.807, 2.05) is 25.1 Å². The maximum absolute atomic E-state index is 5.07. The van der Waals surface area contributed by atoms with E-state index in [1.165, 1.54) is 0 Å². The van der Waals surface area contributed by atoms with Gasteiger partial charge >= 0.3 is 0 Å². The summed E-state index contributed by atoms with van der Waals surface area (Å²) < 4.78 is 5.07. The fourth-order valence-corrected chi connectivity index (χ4v) is 1.21. The second kappa shape index (κ2) is 2.88. The first kappa shape index (κ1) is 7.35. The van der Waals surface area contributed by atoms with Crippen LogP contribution in [0.5, 0.6) is 5.75 Å². The van der Waals surface area contributed by atoms with Crippen molar-refractivity contribution in [3.05, 3.63) is 23.8 Å². The SMILES string of the molecule is COc1c(C)cccc1[S]. The molecule has 0 spiro atoms. The maximum Gasteiger partial charge on any atom is 0.139 e. The van der Waals surface area contributed by atoms with Gasteiger partial charge in [-0.1, -0.05) is 24.8 Å². The summed E-state index contributed by atoms with van der Waals surface area (Å²) in [6.45, 7) is 1.98. The predicted octanol–water partition coefficient (Wildman–Crippen LogP) is 2.56. The second-order valence-electron chi connectivity index (χ2n) is 2.11. The van der Waals surface area contributed by atoms with Gasteiger partial charge in [0.1, 0.15) is 5.75 Å². The molecule has 0 aromatic heterocycles. The maximum atomic E-state index is 5.07. The summed E-state index contributed by atoms with van der Waals surface area (Å²) in [5.41, 5.74) is 1.09. The number of aryl methyl sites for hydroxylation is 1. The van der Waals surface area contributed by atoms with Crippen LogP contribution < -0.4 is 4.74 Å². The minimum atomic E-state index is 0.780. The van der Waals surface area contributed by atoms with Crippen LogP contribution in [0, 0.1) is 6.92 Å². The molecule has 1 aromatic carbocycles. The Morgan fingerprint density at radius 1 is 1.40 bits per heavy atom. The zero-order chi connectivity index (χ0) is 7.56. The Bertz CT molecular complexity index is 212. The molecule has 0 aliphatic carbocycles. The van der Waals surface area contributed by atoms with E-state index in [0.717, 1.165) is 16.2 Å². The molecule has 0 fully saturated rings. The van der Waals surface area contributed by atoms with Crippen molar-refractivity contribution in [3.8, 4) is 5.75 Å². The monoisotopic (exact) mass is 153 g/mol. The average molecular weight is 153 g/mol. The van der Waals surface area contributed by atoms with Gasteiger partial charge in [-0.05, 0) is 18.6 Å². The van der Waals surface area contributed by atoms with Gasteiger partial charge < -0.3 is 4.74 Å². The van der Waals surface area contributed by atoms with Gasteiger partial charge in [0, 0.05) is 0 Å². The molecule has 0 saturated carbocycles. The molecular formula is C8H9OS. The molecule has 0 saturated heterocycles. The number of para-hydroxylation sites is 1. The minimum Gasteiger partial charge on any atom is -0.495 e. The van der Waals surface area contributed by atoms with Crippen LogP contribution in [0.4, 0.5) is 0 Å². The molecule has 1 radical (unpaired) electrons. The molecule has 10 heavy (non-hydrogen) atoms. The number of rotatable bonds is 1. The standard InChI is InChI=1S/C8H9OS/c1-6-4-3-5-7(10)8(6)9-2/h3-5H,1-2H3. The highest BCUT2D eigenvalue weighted by atomic mass is 32.1. The van der Waals surface area contributed by atoms with Gasteiger partial charge in [0.05, 0.1) is 12.0 Å². The molecule has 53 valence electrons. The summed E-state index contributed by atoms with van der Waals surface area (Å²) in [7, 11) is 1.64. The number of hydrogen-bond donors (Lipinski definition) is 0. The van der Waals surface area contributed by atoms with Crippen molar-refractivity contribution in [1.82, 2.24) is 0 Å². The van der Waals surface area contributed by atoms with E-state index in [-0.39, 0.29) is 0 Å². The smallest absolute Gasteiger partial charge is 0.139 e. The molecule has 1 aromatic rings. The largest absolute Gasteiger partial charge is 0.495 e. The van der Waals surface area contributed by atoms with Crippen LogP contribution in [0.3, 0.4) is 0 Å². The third kappa shape index (κ3) is 1.21. The average Bonchev–Trinajstić information content (AvgIpc) is 1.88. The zero-order valence-electron chi connectivity index (χ0n) is 6.05. The lowest BCUT2D eigenvalue weighted by Crippen LogP contribution is -1.87. The molecule has 1 rings (SSSR count). The Labute approximate surface area is 66.4 Å². The normalized spacial score (nSPS) is 9.40. The summed E-state index contributed by atoms with van der Waals surface area (Å²) >= 11 is 5.01. The second-order valence-corrected chi connectivity index (χ2v) is 2.55. The van der Waals surface area contributed by atoms with Crippen LogP contribution in [-0.4, -0.2) is 7.11 Å². The van der Waals surface area contributed by atoms with Crippen LogP contribution in [0.25, 0.3) is 0 Å². The van der Waals surface area contributed by atoms with Gasteiger partial charge in [-0.15, -0.1) is 0 Å². The summed E-state index contributed by atoms with van der Waals surface area (Å²) in [5.74, 6) is 0.817. The van der Waals surface area contributed by atoms with Crippen LogP contribution in [0.15, 0.2) is 23.1 Å². The highest BCUT2D eigenvalue weighted by molar-refractivity contribution is 7.80. The van der Waals surface area contributed by atoms with Gasteiger partial charge in [0.15, 0.2) is 0 Å². The molecule has 0 aliphatic rings. The van der Waals surface area contributed by atoms with Crippen molar-refractivity contribution in [2.45, 2.75) is 11.8 Å². The predicted molar refractivity (Wildman–Crippen MR) is 43.6 cm³/mol. The van der Waals surface area contributed by atoms with Crippen molar-refractivity contribution in [3.63, 3.8) is 0 Å². The quantitative estimate of drug-likeness (QED) is 0.602. The molecule has 0 atom stereocenters. The number of methoxy groups -OCH3 is 1. The van der Waals surface area contributed by atoms with Crippen molar-refractivity contribution in [1.29, 1.82) is 0 Å². The summed E-state index contributed by atoms with van der Waals surface area (Å²) in [5, 5.41) is 0. The minimum absolute atomic E-state index is 0.780. The Morgan fingerprint density at radius 3 is 2.50 bits per heavy atom. The van der Waals surface area contributed by atoms with E-state index in [4.69, 9.17) is 17.4 Å². The molecule has 0 unspecified atom stereocenters. The third-order valence-electron chi connectivity index (χ3n) is 1.38. The Kier molecular flexibility index (Phi) is 2.12. The van der Waals surface area contributed by atoms with Gasteiger partial charge in [-0.25, -0.2) is 0 Å². The lowest BCUT2D eigenvalue weighted by Gasteiger charge is -2.04. The highest BCUT2D eigenvalue weighted by Gasteiger charge is 2.00. The molecule has 0 heterocycles. The summed E-state index contributed by atoms with van der Waals surface area (Å²) in [6, 6.07) is 5.77. The number of benzene rings is 1. The fraction of sp³-hybridized carbons (Fsp3) is 0.250. The molecule has 2 heteroatoms. The lowest BCUT2D eigenvalue weighted by atomic mass is 10.2. The molecule has 0 bridgehead atoms. The summed E-state index contributed by atoms with van der Waals surface area (Å²) in [6.07, 6.45) is 0. The van der Waals surface area contributed by atoms with Crippen LogP contribution >= 0.6 is 12.6 Å². The van der Waals surface area contributed by atoms with E-state index < -0.39 is 0 Å². The molecular weight excluding hydrogens is 144 g/mol. The van der Waals surface area contributed by atoms with E-state index in [2.05, 4.69) is 0 Å². The van der Waals surface area contributed by atoms with Crippen LogP contribution in [0.2, 0.25) is 0 Å². The van der Waals surface area contributed by atoms with E-state index >= 15 is 0 Å². The molecule has 0 amide bonds. The van der Waals surface area contributed by atoms with E-state index in [9.17, 15) is 0 Å². The van der Waals surface area contributed by atoms with Gasteiger partial charge in [0.2, 0.25) is 0 Å². The van der Waals surface area contributed by atoms with Gasteiger partial charge in [-0.3, -0.25) is 0 Å². The van der Waals surface area contributed by atoms with Gasteiger partial charge in [-0.2, -0.15) is 0 Å². The molecule has 1 nitrogen and oxygen atoms in total. The third-order valence-corrected chi connectivity index (χ3v) is 1.70. The number of hydrogen-bond acceptors (Lipinski definition) is 1. The first-order valence-electron chi connectivity index (χ1n) is 3.06. The van der Waals surface area contributed by atoms with E-state index in [1.54, 1.807) is 7.11 Å². The van der Waals surface area contributed by atoms with E-state index in [0.29, 0.717) is 0 Å². The highest BCUT2D eigenvalue weighted by Crippen LogP contribution is 2.25. The Hall–Kier alpha value is -0.760. The Morgan fingerprint density at radius 2 is 2.10 bits per heavy atom. The lowest BCUT2D eigenvalue weighted by molar-refractivity contribution is 0.402. The van der Waals surface area contributed by atoms with Crippen molar-refractivity contribution >= 4 is 12.6 Å². The first-order valence-corrected chi connectivity index (χ1v) is 3.47. The van der Waals surface area contributed by atoms with Crippen molar-refractivity contribution in [2.24, 2.45) is 0 Å². The number of ether oxygens (including phenoxy) is 1. The van der Waals surface area contributed by atoms with Crippen LogP contribution in [0.1, 0.15) is 5.56 Å². The van der Waals surface area contributed by atoms with Crippen molar-refractivity contribution < 1.29 is 4.74 Å². The Balaban J connectivity index is 3.17.